The first kappa shape index (κ1) is 17.5. The zero-order valence-corrected chi connectivity index (χ0v) is 14.5. The molecule has 8 nitrogen and oxygen atoms in total. The van der Waals surface area contributed by atoms with E-state index in [9.17, 15) is 0 Å². The maximum atomic E-state index is 6.09. The smallest absolute Gasteiger partial charge is 0.165 e. The molecule has 3 rings (SSSR count). The summed E-state index contributed by atoms with van der Waals surface area (Å²) < 4.78 is 2.01. The number of piperidine rings is 1. The highest BCUT2D eigenvalue weighted by molar-refractivity contribution is 5.68. The number of nitrogens with zero attached hydrogens (tertiary/aromatic N) is 3. The molecule has 0 saturated carbocycles. The Kier molecular flexibility index (Phi) is 5.72. The lowest BCUT2D eigenvalue weighted by Gasteiger charge is -2.22. The number of rotatable bonds is 7. The van der Waals surface area contributed by atoms with Gasteiger partial charge in [-0.05, 0) is 61.9 Å². The first-order valence-electron chi connectivity index (χ1n) is 8.89. The molecule has 1 saturated heterocycles. The lowest BCUT2D eigenvalue weighted by molar-refractivity contribution is 0.337. The third-order valence-electron chi connectivity index (χ3n) is 4.84. The first-order chi connectivity index (χ1) is 12.2. The number of anilines is 3. The van der Waals surface area contributed by atoms with Crippen LogP contribution >= 0.6 is 0 Å². The Morgan fingerprint density at radius 1 is 1.28 bits per heavy atom. The highest BCUT2D eigenvalue weighted by Crippen LogP contribution is 2.25. The average molecular weight is 344 g/mol. The average Bonchev–Trinajstić information content (AvgIpc) is 3.06. The van der Waals surface area contributed by atoms with Gasteiger partial charge in [0.05, 0.1) is 11.9 Å². The van der Waals surface area contributed by atoms with Gasteiger partial charge in [-0.2, -0.15) is 5.10 Å². The molecule has 0 atom stereocenters. The van der Waals surface area contributed by atoms with E-state index in [1.807, 2.05) is 10.9 Å². The Labute approximate surface area is 148 Å². The van der Waals surface area contributed by atoms with Crippen LogP contribution in [-0.2, 0) is 13.0 Å². The minimum atomic E-state index is 0.395. The fourth-order valence-electron chi connectivity index (χ4n) is 3.44. The summed E-state index contributed by atoms with van der Waals surface area (Å²) >= 11 is 0. The number of hydrogen-bond donors (Lipinski definition) is 5. The summed E-state index contributed by atoms with van der Waals surface area (Å²) in [7, 11) is 0. The summed E-state index contributed by atoms with van der Waals surface area (Å²) in [5.74, 6) is 7.09. The van der Waals surface area contributed by atoms with Crippen molar-refractivity contribution in [3.63, 3.8) is 0 Å². The van der Waals surface area contributed by atoms with Gasteiger partial charge in [-0.1, -0.05) is 0 Å². The molecule has 0 unspecified atom stereocenters. The van der Waals surface area contributed by atoms with E-state index >= 15 is 0 Å². The zero-order chi connectivity index (χ0) is 17.6. The van der Waals surface area contributed by atoms with Crippen molar-refractivity contribution in [2.24, 2.45) is 11.8 Å². The summed E-state index contributed by atoms with van der Waals surface area (Å²) in [6, 6.07) is 1.78. The van der Waals surface area contributed by atoms with E-state index in [0.717, 1.165) is 43.1 Å². The van der Waals surface area contributed by atoms with Crippen molar-refractivity contribution in [1.29, 1.82) is 0 Å². The second kappa shape index (κ2) is 8.17. The lowest BCUT2D eigenvalue weighted by atomic mass is 9.93. The van der Waals surface area contributed by atoms with E-state index in [4.69, 9.17) is 17.3 Å². The standard InChI is InChI=1S/C17H28N8/c18-15-9-14(16(19)17(23-15)24-20)8-13-10-22-25(11-13)7-1-2-12-3-5-21-6-4-12/h9-12,21H,1-8,19-20H2,(H3,18,23,24). The van der Waals surface area contributed by atoms with Crippen molar-refractivity contribution >= 4 is 17.3 Å². The zero-order valence-electron chi connectivity index (χ0n) is 14.5. The summed E-state index contributed by atoms with van der Waals surface area (Å²) in [5, 5.41) is 7.88. The molecule has 1 aliphatic heterocycles. The van der Waals surface area contributed by atoms with E-state index in [0.29, 0.717) is 23.7 Å². The molecule has 0 amide bonds. The molecule has 136 valence electrons. The van der Waals surface area contributed by atoms with Gasteiger partial charge in [-0.15, -0.1) is 0 Å². The second-order valence-electron chi connectivity index (χ2n) is 6.74. The summed E-state index contributed by atoms with van der Waals surface area (Å²) in [6.45, 7) is 3.27. The van der Waals surface area contributed by atoms with Gasteiger partial charge in [0, 0.05) is 19.2 Å². The van der Waals surface area contributed by atoms with Gasteiger partial charge in [0.25, 0.3) is 0 Å². The van der Waals surface area contributed by atoms with Gasteiger partial charge in [-0.25, -0.2) is 10.8 Å². The number of nitrogens with one attached hydrogen (secondary N) is 2. The Hall–Kier alpha value is -2.32. The van der Waals surface area contributed by atoms with Crippen molar-refractivity contribution in [3.8, 4) is 0 Å². The van der Waals surface area contributed by atoms with Gasteiger partial charge in [0.15, 0.2) is 5.82 Å². The van der Waals surface area contributed by atoms with E-state index < -0.39 is 0 Å². The van der Waals surface area contributed by atoms with Crippen LogP contribution in [0.1, 0.15) is 36.8 Å². The number of aromatic nitrogens is 3. The quantitative estimate of drug-likeness (QED) is 0.375. The third-order valence-corrected chi connectivity index (χ3v) is 4.84. The molecule has 1 fully saturated rings. The minimum Gasteiger partial charge on any atom is -0.395 e. The molecule has 1 aliphatic rings. The predicted molar refractivity (Wildman–Crippen MR) is 101 cm³/mol. The Morgan fingerprint density at radius 3 is 2.84 bits per heavy atom. The van der Waals surface area contributed by atoms with Crippen LogP contribution < -0.4 is 28.1 Å². The van der Waals surface area contributed by atoms with E-state index in [1.165, 1.54) is 19.3 Å². The molecule has 0 aliphatic carbocycles. The predicted octanol–water partition coefficient (Wildman–Crippen LogP) is 1.10. The summed E-state index contributed by atoms with van der Waals surface area (Å²) in [6.07, 6.45) is 9.65. The van der Waals surface area contributed by atoms with Crippen molar-refractivity contribution in [2.45, 2.75) is 38.6 Å². The van der Waals surface area contributed by atoms with Crippen molar-refractivity contribution in [1.82, 2.24) is 20.1 Å². The molecule has 25 heavy (non-hydrogen) atoms. The minimum absolute atomic E-state index is 0.395. The molecule has 0 spiro atoms. The molecule has 8 N–H and O–H groups in total. The van der Waals surface area contributed by atoms with Crippen LogP contribution in [0.5, 0.6) is 0 Å². The Bertz CT molecular complexity index is 690. The van der Waals surface area contributed by atoms with E-state index in [1.54, 1.807) is 6.07 Å². The summed E-state index contributed by atoms with van der Waals surface area (Å²) in [5.41, 5.74) is 16.9. The van der Waals surface area contributed by atoms with Crippen LogP contribution in [0.2, 0.25) is 0 Å². The fourth-order valence-corrected chi connectivity index (χ4v) is 3.44. The second-order valence-corrected chi connectivity index (χ2v) is 6.74. The molecule has 0 aromatic carbocycles. The molecule has 0 bridgehead atoms. The van der Waals surface area contributed by atoms with Gasteiger partial charge in [0.2, 0.25) is 0 Å². The maximum Gasteiger partial charge on any atom is 0.165 e. The molecule has 8 heteroatoms. The number of nitrogen functional groups attached to an aromatic ring is 3. The van der Waals surface area contributed by atoms with Crippen molar-refractivity contribution in [3.05, 3.63) is 29.6 Å². The summed E-state index contributed by atoms with van der Waals surface area (Å²) in [4.78, 5) is 4.07. The van der Waals surface area contributed by atoms with Crippen LogP contribution in [0.4, 0.5) is 17.3 Å². The highest BCUT2D eigenvalue weighted by atomic mass is 15.3. The van der Waals surface area contributed by atoms with E-state index in [-0.39, 0.29) is 0 Å². The number of nitrogens with two attached hydrogens (primary N) is 3. The van der Waals surface area contributed by atoms with Crippen LogP contribution in [-0.4, -0.2) is 27.9 Å². The molecule has 0 radical (unpaired) electrons. The lowest BCUT2D eigenvalue weighted by Crippen LogP contribution is -2.27. The normalized spacial score (nSPS) is 15.4. The monoisotopic (exact) mass is 344 g/mol. The van der Waals surface area contributed by atoms with Gasteiger partial charge in [-0.3, -0.25) is 4.68 Å². The topological polar surface area (TPSA) is 133 Å². The van der Waals surface area contributed by atoms with Crippen LogP contribution in [0.15, 0.2) is 18.5 Å². The number of hydrazine groups is 1. The fraction of sp³-hybridized carbons (Fsp3) is 0.529. The molecule has 3 heterocycles. The molecular weight excluding hydrogens is 316 g/mol. The third kappa shape index (κ3) is 4.61. The number of pyridine rings is 1. The highest BCUT2D eigenvalue weighted by Gasteiger charge is 2.13. The molecule has 2 aromatic heterocycles. The van der Waals surface area contributed by atoms with Gasteiger partial charge >= 0.3 is 0 Å². The Balaban J connectivity index is 1.55. The van der Waals surface area contributed by atoms with E-state index in [2.05, 4.69) is 27.0 Å². The maximum absolute atomic E-state index is 6.09. The van der Waals surface area contributed by atoms with Crippen molar-refractivity contribution in [2.75, 3.05) is 30.0 Å². The molecule has 2 aromatic rings. The number of hydrogen-bond acceptors (Lipinski definition) is 7. The SMILES string of the molecule is NNc1nc(N)cc(Cc2cnn(CCCC3CCNCC3)c2)c1N. The number of aryl methyl sites for hydroxylation is 1. The molecular formula is C17H28N8. The largest absolute Gasteiger partial charge is 0.395 e. The van der Waals surface area contributed by atoms with Gasteiger partial charge < -0.3 is 22.2 Å². The van der Waals surface area contributed by atoms with Crippen LogP contribution in [0, 0.1) is 5.92 Å². The Morgan fingerprint density at radius 2 is 2.08 bits per heavy atom. The van der Waals surface area contributed by atoms with Crippen molar-refractivity contribution < 1.29 is 0 Å². The first-order valence-corrected chi connectivity index (χ1v) is 8.89. The van der Waals surface area contributed by atoms with Crippen LogP contribution in [0.3, 0.4) is 0 Å². The van der Waals surface area contributed by atoms with Crippen LogP contribution in [0.25, 0.3) is 0 Å². The van der Waals surface area contributed by atoms with Gasteiger partial charge in [0.1, 0.15) is 5.82 Å².